The van der Waals surface area contributed by atoms with E-state index in [1.807, 2.05) is 34.6 Å². The molecule has 3 aromatic carbocycles. The van der Waals surface area contributed by atoms with E-state index in [0.29, 0.717) is 44.1 Å². The number of benzene rings is 3. The summed E-state index contributed by atoms with van der Waals surface area (Å²) >= 11 is 0. The number of ether oxygens (including phenoxy) is 1. The molecule has 386 valence electrons. The first-order valence-electron chi connectivity index (χ1n) is 27.4. The van der Waals surface area contributed by atoms with E-state index >= 15 is 17.6 Å². The smallest absolute Gasteiger partial charge is 0.407 e. The number of nitrogens with one attached hydrogen (secondary N) is 1. The lowest BCUT2D eigenvalue weighted by molar-refractivity contribution is -0.129. The van der Waals surface area contributed by atoms with Crippen molar-refractivity contribution in [1.82, 2.24) is 5.32 Å². The van der Waals surface area contributed by atoms with Crippen molar-refractivity contribution < 1.29 is 41.5 Å². The summed E-state index contributed by atoms with van der Waals surface area (Å²) in [4.78, 5) is 52.8. The molecule has 11 atom stereocenters. The minimum atomic E-state index is -1.14. The van der Waals surface area contributed by atoms with E-state index in [9.17, 15) is 19.2 Å². The van der Waals surface area contributed by atoms with E-state index < -0.39 is 47.9 Å². The highest BCUT2D eigenvalue weighted by molar-refractivity contribution is 5.91. The molecule has 4 fully saturated rings. The maximum Gasteiger partial charge on any atom is 0.407 e. The summed E-state index contributed by atoms with van der Waals surface area (Å²) in [6.45, 7) is 9.60. The number of methoxy groups -OCH3 is 1. The number of carbonyl (C=O) groups excluding carboxylic acids is 4. The molecule has 0 spiro atoms. The third-order valence-electron chi connectivity index (χ3n) is 18.2. The first-order chi connectivity index (χ1) is 34.5. The molecule has 10 heteroatoms. The van der Waals surface area contributed by atoms with Gasteiger partial charge in [-0.15, -0.1) is 0 Å². The van der Waals surface area contributed by atoms with Crippen LogP contribution in [0.15, 0.2) is 59.7 Å². The minimum Gasteiger partial charge on any atom is -0.453 e. The third kappa shape index (κ3) is 10.6. The van der Waals surface area contributed by atoms with Gasteiger partial charge < -0.3 is 10.1 Å². The Morgan fingerprint density at radius 1 is 0.653 bits per heavy atom. The Morgan fingerprint density at radius 2 is 1.18 bits per heavy atom. The predicted octanol–water partition coefficient (Wildman–Crippen LogP) is 14.6. The van der Waals surface area contributed by atoms with E-state index in [-0.39, 0.29) is 95.4 Å². The molecule has 4 saturated carbocycles. The Hall–Kier alpha value is -4.86. The van der Waals surface area contributed by atoms with E-state index in [0.717, 1.165) is 89.5 Å². The average Bonchev–Trinajstić information content (AvgIpc) is 4.21. The van der Waals surface area contributed by atoms with Crippen molar-refractivity contribution in [3.8, 4) is 0 Å². The largest absolute Gasteiger partial charge is 0.453 e. The molecule has 0 saturated heterocycles. The normalized spacial score (nSPS) is 27.9. The van der Waals surface area contributed by atoms with Gasteiger partial charge >= 0.3 is 6.09 Å². The maximum absolute atomic E-state index is 16.5. The molecule has 0 radical (unpaired) electrons. The topological polar surface area (TPSA) is 89.5 Å². The summed E-state index contributed by atoms with van der Waals surface area (Å²) < 4.78 is 68.7. The lowest BCUT2D eigenvalue weighted by Gasteiger charge is -2.29. The summed E-state index contributed by atoms with van der Waals surface area (Å²) in [7, 11) is 1.26. The zero-order valence-electron chi connectivity index (χ0n) is 43.2. The van der Waals surface area contributed by atoms with Crippen molar-refractivity contribution in [1.29, 1.82) is 0 Å². The van der Waals surface area contributed by atoms with Gasteiger partial charge in [-0.25, -0.2) is 22.4 Å². The molecule has 3 unspecified atom stereocenters. The number of alkyl halides is 2. The van der Waals surface area contributed by atoms with Gasteiger partial charge in [0.25, 0.3) is 0 Å². The summed E-state index contributed by atoms with van der Waals surface area (Å²) in [5.74, 6) is -3.42. The van der Waals surface area contributed by atoms with Crippen molar-refractivity contribution in [2.75, 3.05) is 7.11 Å². The van der Waals surface area contributed by atoms with Crippen LogP contribution in [0.2, 0.25) is 0 Å². The summed E-state index contributed by atoms with van der Waals surface area (Å²) in [5, 5.41) is 2.70. The number of amides is 1. The number of hydrogen-bond acceptors (Lipinski definition) is 5. The molecule has 9 rings (SSSR count). The van der Waals surface area contributed by atoms with Crippen LogP contribution in [0.4, 0.5) is 22.4 Å². The molecule has 1 amide bonds. The van der Waals surface area contributed by atoms with Gasteiger partial charge in [0.1, 0.15) is 35.5 Å². The Bertz CT molecular complexity index is 2590. The maximum atomic E-state index is 16.5. The Morgan fingerprint density at radius 3 is 1.67 bits per heavy atom. The first-order valence-corrected chi connectivity index (χ1v) is 27.4. The van der Waals surface area contributed by atoms with Crippen LogP contribution >= 0.6 is 0 Å². The molecule has 6 aliphatic rings. The van der Waals surface area contributed by atoms with Crippen molar-refractivity contribution in [2.24, 2.45) is 41.4 Å². The van der Waals surface area contributed by atoms with Crippen molar-refractivity contribution in [3.63, 3.8) is 0 Å². The minimum absolute atomic E-state index is 0.0486. The Balaban J connectivity index is 1.02. The monoisotopic (exact) mass is 990 g/mol. The number of rotatable bonds is 17. The van der Waals surface area contributed by atoms with E-state index in [1.165, 1.54) is 7.11 Å². The summed E-state index contributed by atoms with van der Waals surface area (Å²) in [5.41, 5.74) is 9.38. The van der Waals surface area contributed by atoms with Gasteiger partial charge in [-0.3, -0.25) is 14.4 Å². The fourth-order valence-electron chi connectivity index (χ4n) is 14.4. The molecule has 0 aliphatic heterocycles. The van der Waals surface area contributed by atoms with Crippen LogP contribution in [0.3, 0.4) is 0 Å². The predicted molar refractivity (Wildman–Crippen MR) is 275 cm³/mol. The molecule has 1 N–H and O–H groups in total. The molecule has 6 nitrogen and oxygen atoms in total. The quantitative estimate of drug-likeness (QED) is 0.136. The molecule has 0 aromatic heterocycles. The number of hydrogen-bond donors (Lipinski definition) is 1. The Labute approximate surface area is 424 Å². The zero-order chi connectivity index (χ0) is 51.1. The second-order valence-corrected chi connectivity index (χ2v) is 23.3. The lowest BCUT2D eigenvalue weighted by Crippen LogP contribution is -2.47. The van der Waals surface area contributed by atoms with Crippen LogP contribution in [0.5, 0.6) is 0 Å². The van der Waals surface area contributed by atoms with Crippen LogP contribution in [0.25, 0.3) is 12.2 Å². The molecule has 3 aromatic rings. The van der Waals surface area contributed by atoms with Crippen LogP contribution in [-0.2, 0) is 32.0 Å². The number of alkyl carbamates (subject to hydrolysis) is 1. The summed E-state index contributed by atoms with van der Waals surface area (Å²) in [6, 6.07) is 15.4. The van der Waals surface area contributed by atoms with Crippen LogP contribution < -0.4 is 5.32 Å². The lowest BCUT2D eigenvalue weighted by atomic mass is 9.75. The molecule has 0 heterocycles. The standard InChI is InChI=1S/C62H75F4NO5/c1-7-47(68)17-18-48(33(2)3)60(69)53-31-45(63)29-51(53)42-21-36-13-15-38(23-40(36)25-42)49-19-20-50(57(49)44-27-55(65)58(56(66)28-44)35-11-9-8-10-12-35)39-16-14-37-22-43(26-41(37)24-39)52-30-46(64)32-54(52)61(70)59(34(4)5)67-62(71)72-6/h13-16,23-28,33-35,45-46,48-54,57,59H,7-12,17-22,29-32H2,1-6H3,(H,67,71)/t45-,46-,48+,49-,50-,51+,52+,53?,54?,57?,59+/m1/s1. The number of ketones is 3. The van der Waals surface area contributed by atoms with Crippen LogP contribution in [0.1, 0.15) is 193 Å². The third-order valence-corrected chi connectivity index (χ3v) is 18.2. The second-order valence-electron chi connectivity index (χ2n) is 23.3. The average molecular weight is 990 g/mol. The zero-order valence-corrected chi connectivity index (χ0v) is 43.2. The van der Waals surface area contributed by atoms with Gasteiger partial charge in [0.15, 0.2) is 5.78 Å². The van der Waals surface area contributed by atoms with Crippen LogP contribution in [-0.4, -0.2) is 48.9 Å². The van der Waals surface area contributed by atoms with E-state index in [1.54, 1.807) is 12.1 Å². The van der Waals surface area contributed by atoms with Gasteiger partial charge in [0, 0.05) is 36.2 Å². The van der Waals surface area contributed by atoms with E-state index in [4.69, 9.17) is 4.74 Å². The molecule has 0 bridgehead atoms. The SMILES string of the molecule is CCC(=O)CC[C@H](C(=O)C1C[C@H](F)C[C@H]1C1=Cc2cc([C@H]3CC[C@H](c4ccc5c(c4)C=C([C@@H]4C[C@@H](F)CC4C(=O)[C@@H](NC(=O)OC)C(C)C)C5)C3c3cc(F)c(C4CCCCC4)c(F)c3)ccc2C1)C(C)C. The van der Waals surface area contributed by atoms with Gasteiger partial charge in [0.2, 0.25) is 0 Å². The number of carbonyl (C=O) groups is 4. The molecular formula is C62H75F4NO5. The van der Waals surface area contributed by atoms with E-state index in [2.05, 4.69) is 53.9 Å². The molecule has 72 heavy (non-hydrogen) atoms. The summed E-state index contributed by atoms with van der Waals surface area (Å²) in [6.07, 6.45) is 10.9. The number of allylic oxidation sites excluding steroid dienone is 2. The highest BCUT2D eigenvalue weighted by atomic mass is 19.1. The highest BCUT2D eigenvalue weighted by Crippen LogP contribution is 2.56. The van der Waals surface area contributed by atoms with Crippen molar-refractivity contribution in [2.45, 2.75) is 179 Å². The van der Waals surface area contributed by atoms with Crippen molar-refractivity contribution in [3.05, 3.63) is 116 Å². The van der Waals surface area contributed by atoms with Gasteiger partial charge in [-0.1, -0.05) is 114 Å². The number of Topliss-reactive ketones (excluding diaryl/α,β-unsaturated/α-hetero) is 3. The van der Waals surface area contributed by atoms with Crippen molar-refractivity contribution >= 4 is 35.6 Å². The second kappa shape index (κ2) is 21.9. The number of halogens is 4. The first kappa shape index (κ1) is 52.0. The van der Waals surface area contributed by atoms with Gasteiger partial charge in [-0.2, -0.15) is 0 Å². The fraction of sp³-hybridized carbons (Fsp3) is 0.581. The van der Waals surface area contributed by atoms with Crippen LogP contribution in [0, 0.1) is 53.1 Å². The number of fused-ring (bicyclic) bond motifs is 2. The van der Waals surface area contributed by atoms with Gasteiger partial charge in [0.05, 0.1) is 13.2 Å². The fourth-order valence-corrected chi connectivity index (χ4v) is 14.4. The van der Waals surface area contributed by atoms with Gasteiger partial charge in [-0.05, 0) is 169 Å². The Kier molecular flexibility index (Phi) is 15.8. The molecule has 6 aliphatic carbocycles. The highest BCUT2D eigenvalue weighted by Gasteiger charge is 2.47. The molecular weight excluding hydrogens is 915 g/mol.